The molecular formula is C14H21FN2O4. The molecule has 0 saturated heterocycles. The molecule has 6 nitrogen and oxygen atoms in total. The predicted molar refractivity (Wildman–Crippen MR) is 78.2 cm³/mol. The lowest BCUT2D eigenvalue weighted by Gasteiger charge is -2.10. The fraction of sp³-hybridized carbons (Fsp3) is 0.500. The highest BCUT2D eigenvalue weighted by Crippen LogP contribution is 2.22. The normalized spacial score (nSPS) is 10.6. The van der Waals surface area contributed by atoms with E-state index >= 15 is 0 Å². The number of carboxylic acids is 1. The molecule has 1 aromatic carbocycles. The number of nitrogens with one attached hydrogen (secondary N) is 1. The van der Waals surface area contributed by atoms with Crippen LogP contribution >= 0.6 is 0 Å². The Morgan fingerprint density at radius 2 is 2.10 bits per heavy atom. The summed E-state index contributed by atoms with van der Waals surface area (Å²) in [6.07, 6.45) is 1.60. The van der Waals surface area contributed by atoms with Crippen molar-refractivity contribution in [3.8, 4) is 0 Å². The molecule has 21 heavy (non-hydrogen) atoms. The Morgan fingerprint density at radius 1 is 1.33 bits per heavy atom. The number of hydrogen-bond donors (Lipinski definition) is 3. The molecule has 0 spiro atoms. The summed E-state index contributed by atoms with van der Waals surface area (Å²) in [6, 6.07) is 2.22. The van der Waals surface area contributed by atoms with Gasteiger partial charge in [-0.3, -0.25) is 0 Å². The highest BCUT2D eigenvalue weighted by atomic mass is 19.1. The van der Waals surface area contributed by atoms with Crippen molar-refractivity contribution in [3.05, 3.63) is 23.5 Å². The summed E-state index contributed by atoms with van der Waals surface area (Å²) in [5.74, 6) is -1.74. The van der Waals surface area contributed by atoms with E-state index in [1.807, 2.05) is 0 Å². The third kappa shape index (κ3) is 5.97. The Morgan fingerprint density at radius 3 is 2.76 bits per heavy atom. The predicted octanol–water partition coefficient (Wildman–Crippen LogP) is 1.96. The van der Waals surface area contributed by atoms with Gasteiger partial charge in [0.1, 0.15) is 5.82 Å². The summed E-state index contributed by atoms with van der Waals surface area (Å²) >= 11 is 0. The van der Waals surface area contributed by atoms with Gasteiger partial charge < -0.3 is 25.6 Å². The first-order valence-corrected chi connectivity index (χ1v) is 6.69. The number of carboxylic acid groups (broad SMARTS) is 1. The molecule has 0 radical (unpaired) electrons. The fourth-order valence-corrected chi connectivity index (χ4v) is 1.71. The molecule has 1 aromatic rings. The summed E-state index contributed by atoms with van der Waals surface area (Å²) in [6.45, 7) is 2.24. The molecule has 0 aliphatic heterocycles. The average molecular weight is 300 g/mol. The van der Waals surface area contributed by atoms with Gasteiger partial charge in [0, 0.05) is 25.9 Å². The quantitative estimate of drug-likeness (QED) is 0.452. The largest absolute Gasteiger partial charge is 0.478 e. The maximum atomic E-state index is 13.6. The van der Waals surface area contributed by atoms with Gasteiger partial charge in [-0.05, 0) is 25.0 Å². The van der Waals surface area contributed by atoms with Crippen LogP contribution in [0.15, 0.2) is 12.1 Å². The highest BCUT2D eigenvalue weighted by Gasteiger charge is 2.12. The lowest BCUT2D eigenvalue weighted by molar-refractivity contribution is 0.0691. The smallest absolute Gasteiger partial charge is 0.337 e. The Bertz CT molecular complexity index is 469. The number of unbranched alkanes of at least 4 members (excludes halogenated alkanes) is 1. The summed E-state index contributed by atoms with van der Waals surface area (Å²) < 4.78 is 23.8. The van der Waals surface area contributed by atoms with Gasteiger partial charge in [-0.25, -0.2) is 9.18 Å². The van der Waals surface area contributed by atoms with Crippen LogP contribution in [0.2, 0.25) is 0 Å². The van der Waals surface area contributed by atoms with Gasteiger partial charge >= 0.3 is 5.97 Å². The second-order valence-corrected chi connectivity index (χ2v) is 4.46. The van der Waals surface area contributed by atoms with Crippen LogP contribution < -0.4 is 11.1 Å². The van der Waals surface area contributed by atoms with Crippen LogP contribution in [-0.4, -0.2) is 44.6 Å². The molecule has 7 heteroatoms. The minimum Gasteiger partial charge on any atom is -0.478 e. The zero-order valence-corrected chi connectivity index (χ0v) is 12.0. The number of rotatable bonds is 10. The second-order valence-electron chi connectivity index (χ2n) is 4.46. The van der Waals surface area contributed by atoms with Gasteiger partial charge in [-0.1, -0.05) is 0 Å². The highest BCUT2D eigenvalue weighted by molar-refractivity contribution is 5.94. The molecular weight excluding hydrogens is 279 g/mol. The Kier molecular flexibility index (Phi) is 7.49. The van der Waals surface area contributed by atoms with Crippen LogP contribution in [0.25, 0.3) is 0 Å². The van der Waals surface area contributed by atoms with Gasteiger partial charge in [0.05, 0.1) is 24.5 Å². The maximum absolute atomic E-state index is 13.6. The maximum Gasteiger partial charge on any atom is 0.337 e. The van der Waals surface area contributed by atoms with Crippen molar-refractivity contribution in [2.75, 3.05) is 44.5 Å². The van der Waals surface area contributed by atoms with Gasteiger partial charge in [0.15, 0.2) is 0 Å². The molecule has 0 fully saturated rings. The van der Waals surface area contributed by atoms with E-state index in [4.69, 9.17) is 20.3 Å². The number of aromatic carboxylic acids is 1. The van der Waals surface area contributed by atoms with E-state index in [2.05, 4.69) is 5.32 Å². The first-order chi connectivity index (χ1) is 10.1. The standard InChI is InChI=1S/C14H21FN2O4/c1-20-6-7-21-5-3-2-4-17-13-8-10(14(18)19)12(16)9-11(13)15/h8-9,17H,2-7,16H2,1H3,(H,18,19). The Balaban J connectivity index is 2.35. The molecule has 0 amide bonds. The van der Waals surface area contributed by atoms with Crippen molar-refractivity contribution in [2.45, 2.75) is 12.8 Å². The number of ether oxygens (including phenoxy) is 2. The van der Waals surface area contributed by atoms with Crippen LogP contribution in [0.3, 0.4) is 0 Å². The molecule has 0 atom stereocenters. The summed E-state index contributed by atoms with van der Waals surface area (Å²) in [4.78, 5) is 10.9. The summed E-state index contributed by atoms with van der Waals surface area (Å²) in [7, 11) is 1.61. The number of hydrogen-bond acceptors (Lipinski definition) is 5. The third-order valence-corrected chi connectivity index (χ3v) is 2.83. The second kappa shape index (κ2) is 9.15. The SMILES string of the molecule is COCCOCCCCNc1cc(C(=O)O)c(N)cc1F. The minimum atomic E-state index is -1.18. The zero-order valence-electron chi connectivity index (χ0n) is 12.0. The van der Waals surface area contributed by atoms with E-state index in [1.165, 1.54) is 6.07 Å². The fourth-order valence-electron chi connectivity index (χ4n) is 1.71. The monoisotopic (exact) mass is 300 g/mol. The lowest BCUT2D eigenvalue weighted by Crippen LogP contribution is -2.09. The van der Waals surface area contributed by atoms with E-state index < -0.39 is 11.8 Å². The molecule has 0 aliphatic rings. The number of nitrogens with two attached hydrogens (primary N) is 1. The van der Waals surface area contributed by atoms with Crippen molar-refractivity contribution in [2.24, 2.45) is 0 Å². The molecule has 0 bridgehead atoms. The number of nitrogen functional groups attached to an aromatic ring is 1. The summed E-state index contributed by atoms with van der Waals surface area (Å²) in [5.41, 5.74) is 5.40. The van der Waals surface area contributed by atoms with Crippen molar-refractivity contribution in [1.82, 2.24) is 0 Å². The molecule has 1 rings (SSSR count). The van der Waals surface area contributed by atoms with E-state index in [9.17, 15) is 9.18 Å². The van der Waals surface area contributed by atoms with Gasteiger partial charge in [-0.2, -0.15) is 0 Å². The molecule has 0 saturated carbocycles. The van der Waals surface area contributed by atoms with Crippen LogP contribution in [0.4, 0.5) is 15.8 Å². The van der Waals surface area contributed by atoms with Crippen LogP contribution in [0, 0.1) is 5.82 Å². The van der Waals surface area contributed by atoms with Gasteiger partial charge in [-0.15, -0.1) is 0 Å². The average Bonchev–Trinajstić information content (AvgIpc) is 2.43. The zero-order chi connectivity index (χ0) is 15.7. The van der Waals surface area contributed by atoms with E-state index in [1.54, 1.807) is 7.11 Å². The Hall–Kier alpha value is -1.86. The van der Waals surface area contributed by atoms with Gasteiger partial charge in [0.2, 0.25) is 0 Å². The summed E-state index contributed by atoms with van der Waals surface area (Å²) in [5, 5.41) is 11.8. The molecule has 4 N–H and O–H groups in total. The minimum absolute atomic E-state index is 0.0860. The molecule has 0 unspecified atom stereocenters. The van der Waals surface area contributed by atoms with Crippen LogP contribution in [0.1, 0.15) is 23.2 Å². The van der Waals surface area contributed by atoms with E-state index in [0.717, 1.165) is 18.9 Å². The molecule has 0 aromatic heterocycles. The van der Waals surface area contributed by atoms with Crippen molar-refractivity contribution < 1.29 is 23.8 Å². The van der Waals surface area contributed by atoms with Crippen molar-refractivity contribution in [1.29, 1.82) is 0 Å². The number of carbonyl (C=O) groups is 1. The lowest BCUT2D eigenvalue weighted by atomic mass is 10.1. The van der Waals surface area contributed by atoms with Crippen LogP contribution in [0.5, 0.6) is 0 Å². The van der Waals surface area contributed by atoms with Crippen LogP contribution in [-0.2, 0) is 9.47 Å². The molecule has 118 valence electrons. The first-order valence-electron chi connectivity index (χ1n) is 6.69. The number of halogens is 1. The Labute approximate surface area is 123 Å². The van der Waals surface area contributed by atoms with E-state index in [-0.39, 0.29) is 16.9 Å². The number of anilines is 2. The number of methoxy groups -OCH3 is 1. The van der Waals surface area contributed by atoms with Crippen molar-refractivity contribution in [3.63, 3.8) is 0 Å². The topological polar surface area (TPSA) is 93.8 Å². The first kappa shape index (κ1) is 17.2. The molecule has 0 heterocycles. The third-order valence-electron chi connectivity index (χ3n) is 2.83. The van der Waals surface area contributed by atoms with E-state index in [0.29, 0.717) is 26.4 Å². The van der Waals surface area contributed by atoms with Gasteiger partial charge in [0.25, 0.3) is 0 Å². The molecule has 0 aliphatic carbocycles. The van der Waals surface area contributed by atoms with Crippen molar-refractivity contribution >= 4 is 17.3 Å². The number of benzene rings is 1.